The largest absolute Gasteiger partial charge is 0.271 e. The van der Waals surface area contributed by atoms with E-state index in [0.717, 1.165) is 5.57 Å². The van der Waals surface area contributed by atoms with Gasteiger partial charge in [0.25, 0.3) is 0 Å². The van der Waals surface area contributed by atoms with Crippen LogP contribution in [-0.4, -0.2) is 25.5 Å². The quantitative estimate of drug-likeness (QED) is 0.404. The maximum absolute atomic E-state index is 11.5. The lowest BCUT2D eigenvalue weighted by molar-refractivity contribution is 0.412. The number of hydrogen-bond donors (Lipinski definition) is 2. The number of sulfone groups is 1. The Morgan fingerprint density at radius 1 is 1.57 bits per heavy atom. The lowest BCUT2D eigenvalue weighted by Crippen LogP contribution is -2.53. The molecular weight excluding hydrogens is 200 g/mol. The standard InChI is InChI=1S/C9H20N2O2S/c1-7(2)6-8(11-10)9(3,4)14(5,12)13/h8,11H,1,6,10H2,2-5H3. The monoisotopic (exact) mass is 220 g/mol. The summed E-state index contributed by atoms with van der Waals surface area (Å²) in [5.41, 5.74) is 3.45. The minimum Gasteiger partial charge on any atom is -0.271 e. The molecule has 0 aliphatic heterocycles. The van der Waals surface area contributed by atoms with Gasteiger partial charge in [0.05, 0.1) is 4.75 Å². The second-order valence-corrected chi connectivity index (χ2v) is 6.85. The van der Waals surface area contributed by atoms with Crippen LogP contribution in [0.2, 0.25) is 0 Å². The van der Waals surface area contributed by atoms with Crippen molar-refractivity contribution in [1.82, 2.24) is 5.43 Å². The van der Waals surface area contributed by atoms with E-state index in [2.05, 4.69) is 12.0 Å². The molecule has 1 atom stereocenters. The van der Waals surface area contributed by atoms with E-state index in [1.54, 1.807) is 13.8 Å². The van der Waals surface area contributed by atoms with Gasteiger partial charge in [0, 0.05) is 12.3 Å². The highest BCUT2D eigenvalue weighted by Gasteiger charge is 2.38. The Hall–Kier alpha value is -0.390. The highest BCUT2D eigenvalue weighted by Crippen LogP contribution is 2.23. The van der Waals surface area contributed by atoms with Crippen LogP contribution < -0.4 is 11.3 Å². The second kappa shape index (κ2) is 4.42. The molecule has 1 unspecified atom stereocenters. The number of nitrogens with one attached hydrogen (secondary N) is 1. The van der Waals surface area contributed by atoms with E-state index in [1.807, 2.05) is 6.92 Å². The van der Waals surface area contributed by atoms with Crippen molar-refractivity contribution in [2.24, 2.45) is 5.84 Å². The van der Waals surface area contributed by atoms with Crippen molar-refractivity contribution in [3.8, 4) is 0 Å². The highest BCUT2D eigenvalue weighted by molar-refractivity contribution is 7.92. The normalized spacial score (nSPS) is 15.2. The summed E-state index contributed by atoms with van der Waals surface area (Å²) in [5.74, 6) is 5.35. The fraction of sp³-hybridized carbons (Fsp3) is 0.778. The molecule has 0 heterocycles. The molecule has 0 aromatic rings. The van der Waals surface area contributed by atoms with Crippen LogP contribution in [0.5, 0.6) is 0 Å². The number of nitrogens with two attached hydrogens (primary N) is 1. The molecule has 0 spiro atoms. The molecular formula is C9H20N2O2S. The zero-order valence-electron chi connectivity index (χ0n) is 9.29. The molecule has 4 nitrogen and oxygen atoms in total. The first kappa shape index (κ1) is 13.6. The summed E-state index contributed by atoms with van der Waals surface area (Å²) in [7, 11) is -3.14. The molecule has 0 fully saturated rings. The molecule has 0 saturated carbocycles. The van der Waals surface area contributed by atoms with E-state index in [1.165, 1.54) is 6.26 Å². The third-order valence-corrected chi connectivity index (χ3v) is 4.74. The molecule has 14 heavy (non-hydrogen) atoms. The number of hydrogen-bond acceptors (Lipinski definition) is 4. The van der Waals surface area contributed by atoms with Crippen molar-refractivity contribution in [1.29, 1.82) is 0 Å². The van der Waals surface area contributed by atoms with Gasteiger partial charge in [-0.2, -0.15) is 0 Å². The van der Waals surface area contributed by atoms with Gasteiger partial charge in [0.1, 0.15) is 0 Å². The molecule has 5 heteroatoms. The van der Waals surface area contributed by atoms with Crippen LogP contribution in [0.25, 0.3) is 0 Å². The van der Waals surface area contributed by atoms with Crippen molar-refractivity contribution < 1.29 is 8.42 Å². The Morgan fingerprint density at radius 3 is 2.21 bits per heavy atom. The summed E-state index contributed by atoms with van der Waals surface area (Å²) in [6, 6.07) is -0.310. The lowest BCUT2D eigenvalue weighted by atomic mass is 9.97. The molecule has 0 bridgehead atoms. The van der Waals surface area contributed by atoms with Gasteiger partial charge in [0.2, 0.25) is 0 Å². The Balaban J connectivity index is 4.93. The SMILES string of the molecule is C=C(C)CC(NN)C(C)(C)S(C)(=O)=O. The average Bonchev–Trinajstić information content (AvgIpc) is 1.97. The van der Waals surface area contributed by atoms with Gasteiger partial charge in [-0.15, -0.1) is 6.58 Å². The van der Waals surface area contributed by atoms with Crippen LogP contribution >= 0.6 is 0 Å². The molecule has 0 aliphatic carbocycles. The minimum atomic E-state index is -3.14. The van der Waals surface area contributed by atoms with Gasteiger partial charge in [-0.25, -0.2) is 8.42 Å². The third-order valence-electron chi connectivity index (χ3n) is 2.55. The van der Waals surface area contributed by atoms with E-state index in [-0.39, 0.29) is 6.04 Å². The topological polar surface area (TPSA) is 72.2 Å². The summed E-state index contributed by atoms with van der Waals surface area (Å²) in [6.45, 7) is 8.92. The van der Waals surface area contributed by atoms with Crippen molar-refractivity contribution >= 4 is 9.84 Å². The van der Waals surface area contributed by atoms with Crippen LogP contribution in [0.3, 0.4) is 0 Å². The van der Waals surface area contributed by atoms with Crippen LogP contribution in [0.15, 0.2) is 12.2 Å². The Morgan fingerprint density at radius 2 is 2.00 bits per heavy atom. The van der Waals surface area contributed by atoms with Crippen LogP contribution in [0.1, 0.15) is 27.2 Å². The zero-order valence-corrected chi connectivity index (χ0v) is 10.1. The molecule has 0 aliphatic rings. The van der Waals surface area contributed by atoms with E-state index < -0.39 is 14.6 Å². The maximum Gasteiger partial charge on any atom is 0.154 e. The van der Waals surface area contributed by atoms with E-state index in [0.29, 0.717) is 6.42 Å². The summed E-state index contributed by atoms with van der Waals surface area (Å²) < 4.78 is 22.1. The van der Waals surface area contributed by atoms with Gasteiger partial charge in [-0.1, -0.05) is 5.57 Å². The molecule has 0 amide bonds. The molecule has 0 saturated heterocycles. The smallest absolute Gasteiger partial charge is 0.154 e. The molecule has 0 aromatic carbocycles. The Labute approximate surface area is 86.5 Å². The number of rotatable bonds is 5. The van der Waals surface area contributed by atoms with Gasteiger partial charge >= 0.3 is 0 Å². The molecule has 0 aromatic heterocycles. The van der Waals surface area contributed by atoms with E-state index in [4.69, 9.17) is 5.84 Å². The summed E-state index contributed by atoms with van der Waals surface area (Å²) in [4.78, 5) is 0. The van der Waals surface area contributed by atoms with E-state index in [9.17, 15) is 8.42 Å². The average molecular weight is 220 g/mol. The lowest BCUT2D eigenvalue weighted by Gasteiger charge is -2.32. The molecule has 0 rings (SSSR count). The fourth-order valence-corrected chi connectivity index (χ4v) is 1.78. The van der Waals surface area contributed by atoms with E-state index >= 15 is 0 Å². The highest BCUT2D eigenvalue weighted by atomic mass is 32.2. The fourth-order valence-electron chi connectivity index (χ4n) is 1.11. The van der Waals surface area contributed by atoms with Crippen LogP contribution in [-0.2, 0) is 9.84 Å². The van der Waals surface area contributed by atoms with Crippen molar-refractivity contribution in [2.75, 3.05) is 6.26 Å². The first-order valence-electron chi connectivity index (χ1n) is 4.43. The first-order valence-corrected chi connectivity index (χ1v) is 6.32. The van der Waals surface area contributed by atoms with Gasteiger partial charge in [-0.05, 0) is 27.2 Å². The van der Waals surface area contributed by atoms with Crippen molar-refractivity contribution in [3.05, 3.63) is 12.2 Å². The predicted octanol–water partition coefficient (Wildman–Crippen LogP) is 0.608. The van der Waals surface area contributed by atoms with Crippen LogP contribution in [0, 0.1) is 0 Å². The first-order chi connectivity index (χ1) is 6.13. The predicted molar refractivity (Wildman–Crippen MR) is 59.5 cm³/mol. The maximum atomic E-state index is 11.5. The minimum absolute atomic E-state index is 0.310. The Bertz CT molecular complexity index is 307. The Kier molecular flexibility index (Phi) is 4.30. The summed E-state index contributed by atoms with van der Waals surface area (Å²) >= 11 is 0. The van der Waals surface area contributed by atoms with Crippen LogP contribution in [0.4, 0.5) is 0 Å². The molecule has 84 valence electrons. The van der Waals surface area contributed by atoms with Gasteiger partial charge in [-0.3, -0.25) is 11.3 Å². The number of hydrazine groups is 1. The summed E-state index contributed by atoms with van der Waals surface area (Å²) in [5, 5.41) is 0. The van der Waals surface area contributed by atoms with Gasteiger partial charge < -0.3 is 0 Å². The van der Waals surface area contributed by atoms with Gasteiger partial charge in [0.15, 0.2) is 9.84 Å². The van der Waals surface area contributed by atoms with Crippen molar-refractivity contribution in [3.63, 3.8) is 0 Å². The third kappa shape index (κ3) is 3.08. The molecule has 0 radical (unpaired) electrons. The van der Waals surface area contributed by atoms with Crippen molar-refractivity contribution in [2.45, 2.75) is 38.0 Å². The summed E-state index contributed by atoms with van der Waals surface area (Å²) in [6.07, 6.45) is 1.77. The zero-order chi connectivity index (χ0) is 11.6. The molecule has 3 N–H and O–H groups in total. The second-order valence-electron chi connectivity index (χ2n) is 4.26.